The van der Waals surface area contributed by atoms with Crippen molar-refractivity contribution in [2.75, 3.05) is 26.4 Å². The van der Waals surface area contributed by atoms with Gasteiger partial charge in [0.2, 0.25) is 5.91 Å². The van der Waals surface area contributed by atoms with Crippen LogP contribution in [0.2, 0.25) is 0 Å². The van der Waals surface area contributed by atoms with E-state index in [2.05, 4.69) is 15.5 Å². The number of hydrogen-bond acceptors (Lipinski definition) is 4. The number of H-pyrrole nitrogens is 1. The topological polar surface area (TPSA) is 76.2 Å². The summed E-state index contributed by atoms with van der Waals surface area (Å²) in [7, 11) is 0. The van der Waals surface area contributed by atoms with Crippen molar-refractivity contribution < 1.29 is 14.3 Å². The molecule has 1 aromatic heterocycles. The molecule has 1 aromatic rings. The number of aryl methyl sites for hydroxylation is 2. The Morgan fingerprint density at radius 3 is 2.65 bits per heavy atom. The SMILES string of the molecule is Cc1n[nH]c(C)c1CC(=O)N[C@@H]1CCOC[C@@H]1C1CCOCC1. The van der Waals surface area contributed by atoms with Gasteiger partial charge in [-0.2, -0.15) is 5.10 Å². The van der Waals surface area contributed by atoms with Crippen LogP contribution in [0.1, 0.15) is 36.2 Å². The number of aromatic nitrogens is 2. The summed E-state index contributed by atoms with van der Waals surface area (Å²) in [6.07, 6.45) is 3.43. The Balaban J connectivity index is 1.61. The highest BCUT2D eigenvalue weighted by atomic mass is 16.5. The summed E-state index contributed by atoms with van der Waals surface area (Å²) >= 11 is 0. The zero-order valence-electron chi connectivity index (χ0n) is 14.1. The quantitative estimate of drug-likeness (QED) is 0.881. The molecule has 0 aromatic carbocycles. The van der Waals surface area contributed by atoms with Crippen LogP contribution < -0.4 is 5.32 Å². The molecule has 2 fully saturated rings. The van der Waals surface area contributed by atoms with Crippen LogP contribution in [0, 0.1) is 25.7 Å². The van der Waals surface area contributed by atoms with Crippen LogP contribution in [0.25, 0.3) is 0 Å². The summed E-state index contributed by atoms with van der Waals surface area (Å²) in [4.78, 5) is 12.5. The lowest BCUT2D eigenvalue weighted by Crippen LogP contribution is -2.49. The molecule has 128 valence electrons. The Morgan fingerprint density at radius 1 is 1.22 bits per heavy atom. The van der Waals surface area contributed by atoms with Crippen LogP contribution >= 0.6 is 0 Å². The second-order valence-electron chi connectivity index (χ2n) is 6.74. The van der Waals surface area contributed by atoms with Crippen molar-refractivity contribution in [1.29, 1.82) is 0 Å². The van der Waals surface area contributed by atoms with Crippen molar-refractivity contribution >= 4 is 5.91 Å². The monoisotopic (exact) mass is 321 g/mol. The van der Waals surface area contributed by atoms with Crippen LogP contribution in [0.4, 0.5) is 0 Å². The maximum absolute atomic E-state index is 12.5. The highest BCUT2D eigenvalue weighted by molar-refractivity contribution is 5.79. The Morgan fingerprint density at radius 2 is 1.96 bits per heavy atom. The zero-order valence-corrected chi connectivity index (χ0v) is 14.1. The summed E-state index contributed by atoms with van der Waals surface area (Å²) in [5.74, 6) is 1.08. The van der Waals surface area contributed by atoms with Gasteiger partial charge in [0.25, 0.3) is 0 Å². The number of carbonyl (C=O) groups excluding carboxylic acids is 1. The molecule has 0 radical (unpaired) electrons. The Kier molecular flexibility index (Phi) is 5.33. The molecule has 1 amide bonds. The molecular weight excluding hydrogens is 294 g/mol. The fourth-order valence-electron chi connectivity index (χ4n) is 3.80. The van der Waals surface area contributed by atoms with Gasteiger partial charge in [0, 0.05) is 43.0 Å². The van der Waals surface area contributed by atoms with Gasteiger partial charge in [-0.05, 0) is 39.0 Å². The first-order valence-corrected chi connectivity index (χ1v) is 8.60. The molecule has 2 saturated heterocycles. The Bertz CT molecular complexity index is 518. The number of ether oxygens (including phenoxy) is 2. The van der Waals surface area contributed by atoms with E-state index >= 15 is 0 Å². The molecule has 23 heavy (non-hydrogen) atoms. The smallest absolute Gasteiger partial charge is 0.224 e. The first-order chi connectivity index (χ1) is 11.1. The number of hydrogen-bond donors (Lipinski definition) is 2. The molecule has 0 unspecified atom stereocenters. The molecule has 2 N–H and O–H groups in total. The summed E-state index contributed by atoms with van der Waals surface area (Å²) in [5, 5.41) is 10.4. The fraction of sp³-hybridized carbons (Fsp3) is 0.765. The minimum absolute atomic E-state index is 0.0848. The minimum atomic E-state index is 0.0848. The van der Waals surface area contributed by atoms with Crippen LogP contribution in [-0.4, -0.2) is 48.6 Å². The van der Waals surface area contributed by atoms with Crippen LogP contribution in [-0.2, 0) is 20.7 Å². The van der Waals surface area contributed by atoms with E-state index in [0.717, 1.165) is 62.6 Å². The molecule has 2 aliphatic heterocycles. The lowest BCUT2D eigenvalue weighted by Gasteiger charge is -2.39. The largest absolute Gasteiger partial charge is 0.381 e. The molecule has 3 heterocycles. The van der Waals surface area contributed by atoms with E-state index < -0.39 is 0 Å². The maximum atomic E-state index is 12.5. The third-order valence-electron chi connectivity index (χ3n) is 5.24. The Labute approximate surface area is 137 Å². The molecule has 0 spiro atoms. The first kappa shape index (κ1) is 16.5. The van der Waals surface area contributed by atoms with Gasteiger partial charge >= 0.3 is 0 Å². The number of carbonyl (C=O) groups is 1. The summed E-state index contributed by atoms with van der Waals surface area (Å²) in [6.45, 7) is 7.03. The average Bonchev–Trinajstić information content (AvgIpc) is 2.88. The van der Waals surface area contributed by atoms with Gasteiger partial charge in [0.1, 0.15) is 0 Å². The number of aromatic amines is 1. The second-order valence-corrected chi connectivity index (χ2v) is 6.74. The van der Waals surface area contributed by atoms with Crippen molar-refractivity contribution in [1.82, 2.24) is 15.5 Å². The molecule has 3 rings (SSSR count). The number of nitrogens with one attached hydrogen (secondary N) is 2. The maximum Gasteiger partial charge on any atom is 0.224 e. The van der Waals surface area contributed by atoms with Crippen LogP contribution in [0.15, 0.2) is 0 Å². The Hall–Kier alpha value is -1.40. The molecule has 0 saturated carbocycles. The van der Waals surface area contributed by atoms with Crippen molar-refractivity contribution in [3.05, 3.63) is 17.0 Å². The lowest BCUT2D eigenvalue weighted by atomic mass is 9.79. The van der Waals surface area contributed by atoms with E-state index in [1.165, 1.54) is 0 Å². The third-order valence-corrected chi connectivity index (χ3v) is 5.24. The van der Waals surface area contributed by atoms with Crippen molar-refractivity contribution in [2.45, 2.75) is 45.6 Å². The normalized spacial score (nSPS) is 26.2. The standard InChI is InChI=1S/C17H27N3O3/c1-11-14(12(2)20-19-11)9-17(21)18-16-5-8-23-10-15(16)13-3-6-22-7-4-13/h13,15-16H,3-10H2,1-2H3,(H,18,21)(H,19,20)/t15-,16-/m1/s1. The highest BCUT2D eigenvalue weighted by Gasteiger charge is 2.34. The summed E-state index contributed by atoms with van der Waals surface area (Å²) < 4.78 is 11.1. The summed E-state index contributed by atoms with van der Waals surface area (Å²) in [6, 6.07) is 0.215. The zero-order chi connectivity index (χ0) is 16.2. The van der Waals surface area contributed by atoms with Gasteiger partial charge in [0.05, 0.1) is 18.7 Å². The molecule has 0 aliphatic carbocycles. The van der Waals surface area contributed by atoms with E-state index in [4.69, 9.17) is 9.47 Å². The molecule has 0 bridgehead atoms. The average molecular weight is 321 g/mol. The van der Waals surface area contributed by atoms with Crippen LogP contribution in [0.5, 0.6) is 0 Å². The molecule has 6 heteroatoms. The molecule has 2 atom stereocenters. The predicted molar refractivity (Wildman–Crippen MR) is 86.2 cm³/mol. The minimum Gasteiger partial charge on any atom is -0.381 e. The number of rotatable bonds is 4. The van der Waals surface area contributed by atoms with Crippen LogP contribution in [0.3, 0.4) is 0 Å². The van der Waals surface area contributed by atoms with Crippen molar-refractivity contribution in [2.24, 2.45) is 11.8 Å². The number of nitrogens with zero attached hydrogens (tertiary/aromatic N) is 1. The van der Waals surface area contributed by atoms with Crippen molar-refractivity contribution in [3.8, 4) is 0 Å². The van der Waals surface area contributed by atoms with E-state index in [1.807, 2.05) is 13.8 Å². The van der Waals surface area contributed by atoms with Gasteiger partial charge in [0.15, 0.2) is 0 Å². The van der Waals surface area contributed by atoms with Gasteiger partial charge < -0.3 is 14.8 Å². The second kappa shape index (κ2) is 7.45. The van der Waals surface area contributed by atoms with E-state index in [0.29, 0.717) is 18.3 Å². The highest BCUT2D eigenvalue weighted by Crippen LogP contribution is 2.30. The molecular formula is C17H27N3O3. The van der Waals surface area contributed by atoms with Crippen molar-refractivity contribution in [3.63, 3.8) is 0 Å². The lowest BCUT2D eigenvalue weighted by molar-refractivity contribution is -0.123. The van der Waals surface area contributed by atoms with E-state index in [9.17, 15) is 4.79 Å². The number of amides is 1. The fourth-order valence-corrected chi connectivity index (χ4v) is 3.80. The van der Waals surface area contributed by atoms with Gasteiger partial charge in [-0.3, -0.25) is 9.89 Å². The van der Waals surface area contributed by atoms with Gasteiger partial charge in [-0.25, -0.2) is 0 Å². The van der Waals surface area contributed by atoms with E-state index in [-0.39, 0.29) is 11.9 Å². The molecule has 2 aliphatic rings. The van der Waals surface area contributed by atoms with E-state index in [1.54, 1.807) is 0 Å². The molecule has 6 nitrogen and oxygen atoms in total. The van der Waals surface area contributed by atoms with Gasteiger partial charge in [-0.15, -0.1) is 0 Å². The first-order valence-electron chi connectivity index (χ1n) is 8.60. The van der Waals surface area contributed by atoms with Gasteiger partial charge in [-0.1, -0.05) is 0 Å². The summed E-state index contributed by atoms with van der Waals surface area (Å²) in [5.41, 5.74) is 2.90. The predicted octanol–water partition coefficient (Wildman–Crippen LogP) is 1.52. The third kappa shape index (κ3) is 3.93.